The molecule has 1 amide bonds. The van der Waals surface area contributed by atoms with Gasteiger partial charge in [-0.15, -0.1) is 0 Å². The van der Waals surface area contributed by atoms with Gasteiger partial charge in [0.15, 0.2) is 0 Å². The molecule has 1 aliphatic rings. The van der Waals surface area contributed by atoms with E-state index in [1.165, 1.54) is 16.4 Å². The number of nitriles is 1. The predicted octanol–water partition coefficient (Wildman–Crippen LogP) is 3.69. The number of hydrogen-bond donors (Lipinski definition) is 1. The summed E-state index contributed by atoms with van der Waals surface area (Å²) < 4.78 is 32.9. The summed E-state index contributed by atoms with van der Waals surface area (Å²) in [4.78, 5) is 12.8. The Labute approximate surface area is 183 Å². The summed E-state index contributed by atoms with van der Waals surface area (Å²) in [5.41, 5.74) is 1.75. The second-order valence-electron chi connectivity index (χ2n) is 7.92. The van der Waals surface area contributed by atoms with Gasteiger partial charge in [-0.2, -0.15) is 9.57 Å². The highest BCUT2D eigenvalue weighted by molar-refractivity contribution is 7.89. The van der Waals surface area contributed by atoms with Gasteiger partial charge in [0.05, 0.1) is 16.6 Å². The van der Waals surface area contributed by atoms with Gasteiger partial charge >= 0.3 is 0 Å². The maximum absolute atomic E-state index is 12.9. The van der Waals surface area contributed by atoms with Gasteiger partial charge in [-0.3, -0.25) is 4.79 Å². The first kappa shape index (κ1) is 22.8. The summed E-state index contributed by atoms with van der Waals surface area (Å²) >= 11 is 0. The molecule has 0 atom stereocenters. The van der Waals surface area contributed by atoms with Gasteiger partial charge in [-0.05, 0) is 69.5 Å². The molecule has 2 aromatic rings. The standard InChI is InChI=1S/C23H27N3O4S/c1-16(2)30-20-8-9-21(17(3)14-20)25-23(27)18-10-12-26(13-11-18)31(28,29)22-7-5-4-6-19(22)15-24/h4-9,14,16,18H,10-13H2,1-3H3,(H,25,27). The van der Waals surface area contributed by atoms with Crippen LogP contribution in [0.5, 0.6) is 5.75 Å². The molecule has 0 bridgehead atoms. The van der Waals surface area contributed by atoms with E-state index in [-0.39, 0.29) is 41.5 Å². The van der Waals surface area contributed by atoms with Crippen LogP contribution in [0.25, 0.3) is 0 Å². The molecule has 1 aliphatic heterocycles. The second kappa shape index (κ2) is 9.50. The Bertz CT molecular complexity index is 1100. The summed E-state index contributed by atoms with van der Waals surface area (Å²) in [7, 11) is -3.77. The Morgan fingerprint density at radius 3 is 2.48 bits per heavy atom. The lowest BCUT2D eigenvalue weighted by molar-refractivity contribution is -0.120. The number of nitrogens with one attached hydrogen (secondary N) is 1. The number of carbonyl (C=O) groups is 1. The molecule has 164 valence electrons. The second-order valence-corrected chi connectivity index (χ2v) is 9.83. The number of benzene rings is 2. The molecule has 0 aliphatic carbocycles. The van der Waals surface area contributed by atoms with E-state index in [0.717, 1.165) is 17.0 Å². The number of hydrogen-bond acceptors (Lipinski definition) is 5. The normalized spacial score (nSPS) is 15.5. The molecule has 2 aromatic carbocycles. The molecule has 1 fully saturated rings. The van der Waals surface area contributed by atoms with Crippen molar-refractivity contribution in [3.05, 3.63) is 53.6 Å². The van der Waals surface area contributed by atoms with Crippen LogP contribution in [0.2, 0.25) is 0 Å². The number of carbonyl (C=O) groups excluding carboxylic acids is 1. The molecule has 0 spiro atoms. The molecule has 7 nitrogen and oxygen atoms in total. The zero-order chi connectivity index (χ0) is 22.6. The van der Waals surface area contributed by atoms with Crippen LogP contribution in [0.4, 0.5) is 5.69 Å². The van der Waals surface area contributed by atoms with E-state index in [9.17, 15) is 18.5 Å². The molecule has 0 unspecified atom stereocenters. The number of amides is 1. The first-order valence-electron chi connectivity index (χ1n) is 10.3. The van der Waals surface area contributed by atoms with E-state index in [1.54, 1.807) is 12.1 Å². The highest BCUT2D eigenvalue weighted by atomic mass is 32.2. The fraction of sp³-hybridized carbons (Fsp3) is 0.391. The molecule has 1 saturated heterocycles. The summed E-state index contributed by atoms with van der Waals surface area (Å²) in [6, 6.07) is 13.6. The average molecular weight is 442 g/mol. The third-order valence-electron chi connectivity index (χ3n) is 5.28. The lowest BCUT2D eigenvalue weighted by Gasteiger charge is -2.30. The van der Waals surface area contributed by atoms with Crippen LogP contribution in [0, 0.1) is 24.2 Å². The van der Waals surface area contributed by atoms with Gasteiger partial charge in [0.1, 0.15) is 11.8 Å². The number of aryl methyl sites for hydroxylation is 1. The first-order valence-corrected chi connectivity index (χ1v) is 11.7. The maximum atomic E-state index is 12.9. The highest BCUT2D eigenvalue weighted by Gasteiger charge is 2.33. The van der Waals surface area contributed by atoms with Crippen LogP contribution in [-0.2, 0) is 14.8 Å². The molecule has 8 heteroatoms. The Morgan fingerprint density at radius 1 is 1.19 bits per heavy atom. The van der Waals surface area contributed by atoms with Gasteiger partial charge < -0.3 is 10.1 Å². The van der Waals surface area contributed by atoms with E-state index in [1.807, 2.05) is 45.0 Å². The monoisotopic (exact) mass is 441 g/mol. The van der Waals surface area contributed by atoms with Crippen molar-refractivity contribution in [2.75, 3.05) is 18.4 Å². The predicted molar refractivity (Wildman–Crippen MR) is 118 cm³/mol. The van der Waals surface area contributed by atoms with Crippen molar-refractivity contribution in [2.24, 2.45) is 5.92 Å². The Morgan fingerprint density at radius 2 is 1.87 bits per heavy atom. The van der Waals surface area contributed by atoms with Crippen LogP contribution in [0.1, 0.15) is 37.8 Å². The van der Waals surface area contributed by atoms with Crippen molar-refractivity contribution in [3.63, 3.8) is 0 Å². The van der Waals surface area contributed by atoms with E-state index in [2.05, 4.69) is 5.32 Å². The minimum Gasteiger partial charge on any atom is -0.491 e. The van der Waals surface area contributed by atoms with Crippen LogP contribution in [0.15, 0.2) is 47.4 Å². The molecule has 3 rings (SSSR count). The summed E-state index contributed by atoms with van der Waals surface area (Å²) in [6.45, 7) is 6.29. The number of rotatable bonds is 6. The number of nitrogens with zero attached hydrogens (tertiary/aromatic N) is 2. The van der Waals surface area contributed by atoms with Gasteiger partial charge in [-0.1, -0.05) is 12.1 Å². The topological polar surface area (TPSA) is 99.5 Å². The van der Waals surface area contributed by atoms with Gasteiger partial charge in [0.25, 0.3) is 0 Å². The van der Waals surface area contributed by atoms with Gasteiger partial charge in [0.2, 0.25) is 15.9 Å². The van der Waals surface area contributed by atoms with Crippen molar-refractivity contribution in [3.8, 4) is 11.8 Å². The largest absolute Gasteiger partial charge is 0.491 e. The SMILES string of the molecule is Cc1cc(OC(C)C)ccc1NC(=O)C1CCN(S(=O)(=O)c2ccccc2C#N)CC1. The molecule has 31 heavy (non-hydrogen) atoms. The highest BCUT2D eigenvalue weighted by Crippen LogP contribution is 2.28. The van der Waals surface area contributed by atoms with Crippen molar-refractivity contribution in [1.82, 2.24) is 4.31 Å². The van der Waals surface area contributed by atoms with Crippen molar-refractivity contribution in [1.29, 1.82) is 5.26 Å². The fourth-order valence-corrected chi connectivity index (χ4v) is 5.25. The summed E-state index contributed by atoms with van der Waals surface area (Å²) in [6.07, 6.45) is 0.919. The maximum Gasteiger partial charge on any atom is 0.244 e. The third-order valence-corrected chi connectivity index (χ3v) is 7.23. The number of sulfonamides is 1. The number of anilines is 1. The molecule has 0 radical (unpaired) electrons. The molecular formula is C23H27N3O4S. The fourth-order valence-electron chi connectivity index (χ4n) is 3.64. The molecule has 1 N–H and O–H groups in total. The molecule has 0 saturated carbocycles. The lowest BCUT2D eigenvalue weighted by atomic mass is 9.97. The Balaban J connectivity index is 1.63. The molecule has 0 aromatic heterocycles. The minimum absolute atomic E-state index is 0.0136. The number of piperidine rings is 1. The van der Waals surface area contributed by atoms with E-state index < -0.39 is 10.0 Å². The van der Waals surface area contributed by atoms with Crippen molar-refractivity contribution in [2.45, 2.75) is 44.6 Å². The van der Waals surface area contributed by atoms with Crippen LogP contribution < -0.4 is 10.1 Å². The van der Waals surface area contributed by atoms with Crippen LogP contribution in [-0.4, -0.2) is 37.8 Å². The zero-order valence-corrected chi connectivity index (χ0v) is 18.8. The van der Waals surface area contributed by atoms with E-state index >= 15 is 0 Å². The first-order chi connectivity index (χ1) is 14.7. The van der Waals surface area contributed by atoms with Gasteiger partial charge in [-0.25, -0.2) is 8.42 Å². The summed E-state index contributed by atoms with van der Waals surface area (Å²) in [5.74, 6) is 0.361. The van der Waals surface area contributed by atoms with Crippen LogP contribution >= 0.6 is 0 Å². The lowest BCUT2D eigenvalue weighted by Crippen LogP contribution is -2.41. The smallest absolute Gasteiger partial charge is 0.244 e. The van der Waals surface area contributed by atoms with Gasteiger partial charge in [0, 0.05) is 24.7 Å². The van der Waals surface area contributed by atoms with E-state index in [4.69, 9.17) is 4.74 Å². The van der Waals surface area contributed by atoms with Crippen LogP contribution in [0.3, 0.4) is 0 Å². The number of ether oxygens (including phenoxy) is 1. The van der Waals surface area contributed by atoms with Crippen molar-refractivity contribution < 1.29 is 17.9 Å². The third kappa shape index (κ3) is 5.24. The zero-order valence-electron chi connectivity index (χ0n) is 18.0. The minimum atomic E-state index is -3.77. The molecular weight excluding hydrogens is 414 g/mol. The molecule has 1 heterocycles. The Kier molecular flexibility index (Phi) is 6.98. The summed E-state index contributed by atoms with van der Waals surface area (Å²) in [5, 5.41) is 12.2. The van der Waals surface area contributed by atoms with Crippen molar-refractivity contribution >= 4 is 21.6 Å². The average Bonchev–Trinajstić information content (AvgIpc) is 2.75. The van der Waals surface area contributed by atoms with E-state index in [0.29, 0.717) is 12.8 Å². The Hall–Kier alpha value is -2.89. The quantitative estimate of drug-likeness (QED) is 0.737.